The SMILES string of the molecule is CCCNC(=O)[C@@H](C)N(Cc1ccc(C)cc1)C(=O)CN(c1cccc(OC)c1)S(=O)(=O)c1ccc(C)cc1. The maximum absolute atomic E-state index is 13.9. The highest BCUT2D eigenvalue weighted by Crippen LogP contribution is 2.28. The molecular formula is C30H37N3O5S. The molecule has 0 heterocycles. The van der Waals surface area contributed by atoms with E-state index in [1.165, 1.54) is 24.1 Å². The predicted molar refractivity (Wildman–Crippen MR) is 153 cm³/mol. The number of hydrogen-bond donors (Lipinski definition) is 1. The van der Waals surface area contributed by atoms with Crippen LogP contribution in [0.3, 0.4) is 0 Å². The highest BCUT2D eigenvalue weighted by Gasteiger charge is 2.32. The zero-order valence-corrected chi connectivity index (χ0v) is 24.0. The molecule has 0 spiro atoms. The van der Waals surface area contributed by atoms with Gasteiger partial charge in [-0.3, -0.25) is 13.9 Å². The lowest BCUT2D eigenvalue weighted by molar-refractivity contribution is -0.139. The number of carbonyl (C=O) groups excluding carboxylic acids is 2. The number of rotatable bonds is 12. The third kappa shape index (κ3) is 7.60. The quantitative estimate of drug-likeness (QED) is 0.359. The molecule has 0 aliphatic carbocycles. The Morgan fingerprint density at radius 1 is 0.949 bits per heavy atom. The number of benzene rings is 3. The third-order valence-corrected chi connectivity index (χ3v) is 8.21. The fourth-order valence-corrected chi connectivity index (χ4v) is 5.41. The molecule has 3 aromatic rings. The zero-order valence-electron chi connectivity index (χ0n) is 23.2. The molecule has 1 atom stereocenters. The van der Waals surface area contributed by atoms with Crippen LogP contribution in [0.15, 0.2) is 77.7 Å². The van der Waals surface area contributed by atoms with Crippen molar-refractivity contribution in [2.45, 2.75) is 51.6 Å². The van der Waals surface area contributed by atoms with Crippen molar-refractivity contribution in [3.63, 3.8) is 0 Å². The molecule has 0 fully saturated rings. The van der Waals surface area contributed by atoms with Gasteiger partial charge in [-0.1, -0.05) is 60.5 Å². The number of nitrogens with one attached hydrogen (secondary N) is 1. The number of hydrogen-bond acceptors (Lipinski definition) is 5. The van der Waals surface area contributed by atoms with Gasteiger partial charge in [0, 0.05) is 19.2 Å². The lowest BCUT2D eigenvalue weighted by atomic mass is 10.1. The van der Waals surface area contributed by atoms with Gasteiger partial charge in [-0.05, 0) is 57.0 Å². The molecule has 8 nitrogen and oxygen atoms in total. The Morgan fingerprint density at radius 3 is 2.15 bits per heavy atom. The van der Waals surface area contributed by atoms with Crippen LogP contribution >= 0.6 is 0 Å². The van der Waals surface area contributed by atoms with E-state index in [4.69, 9.17) is 4.74 Å². The second kappa shape index (κ2) is 13.3. The van der Waals surface area contributed by atoms with E-state index in [1.54, 1.807) is 43.3 Å². The average molecular weight is 552 g/mol. The standard InChI is InChI=1S/C30H37N3O5S/c1-6-18-31-30(35)24(4)32(20-25-14-10-22(2)11-15-25)29(34)21-33(26-8-7-9-27(19-26)38-5)39(36,37)28-16-12-23(3)13-17-28/h7-17,19,24H,6,18,20-21H2,1-5H3,(H,31,35)/t24-/m1/s1. The fraction of sp³-hybridized carbons (Fsp3) is 0.333. The number of anilines is 1. The average Bonchev–Trinajstić information content (AvgIpc) is 2.93. The van der Waals surface area contributed by atoms with E-state index in [1.807, 2.05) is 45.0 Å². The lowest BCUT2D eigenvalue weighted by Crippen LogP contribution is -2.51. The minimum absolute atomic E-state index is 0.0579. The van der Waals surface area contributed by atoms with Crippen LogP contribution in [0.5, 0.6) is 5.75 Å². The number of methoxy groups -OCH3 is 1. The third-order valence-electron chi connectivity index (χ3n) is 6.42. The molecule has 1 N–H and O–H groups in total. The molecule has 9 heteroatoms. The Hall–Kier alpha value is -3.85. The number of sulfonamides is 1. The normalized spacial score (nSPS) is 11.9. The summed E-state index contributed by atoms with van der Waals surface area (Å²) in [7, 11) is -2.64. The van der Waals surface area contributed by atoms with Crippen LogP contribution in [0.1, 0.15) is 37.0 Å². The van der Waals surface area contributed by atoms with Crippen molar-refractivity contribution in [1.82, 2.24) is 10.2 Å². The molecule has 39 heavy (non-hydrogen) atoms. The predicted octanol–water partition coefficient (Wildman–Crippen LogP) is 4.45. The minimum atomic E-state index is -4.13. The van der Waals surface area contributed by atoms with Crippen molar-refractivity contribution in [2.75, 3.05) is 24.5 Å². The summed E-state index contributed by atoms with van der Waals surface area (Å²) in [5, 5.41) is 2.84. The second-order valence-electron chi connectivity index (χ2n) is 9.50. The molecule has 0 radical (unpaired) electrons. The number of aryl methyl sites for hydroxylation is 2. The lowest BCUT2D eigenvalue weighted by Gasteiger charge is -2.32. The Balaban J connectivity index is 2.03. The summed E-state index contributed by atoms with van der Waals surface area (Å²) in [6, 6.07) is 19.9. The van der Waals surface area contributed by atoms with E-state index in [2.05, 4.69) is 5.32 Å². The first-order valence-corrected chi connectivity index (χ1v) is 14.4. The smallest absolute Gasteiger partial charge is 0.264 e. The number of ether oxygens (including phenoxy) is 1. The topological polar surface area (TPSA) is 96.0 Å². The Morgan fingerprint density at radius 2 is 1.56 bits per heavy atom. The summed E-state index contributed by atoms with van der Waals surface area (Å²) in [5.74, 6) is -0.354. The molecule has 0 bridgehead atoms. The van der Waals surface area contributed by atoms with E-state index in [0.717, 1.165) is 27.4 Å². The van der Waals surface area contributed by atoms with E-state index in [0.29, 0.717) is 12.3 Å². The monoisotopic (exact) mass is 551 g/mol. The van der Waals surface area contributed by atoms with Gasteiger partial charge in [0.15, 0.2) is 0 Å². The summed E-state index contributed by atoms with van der Waals surface area (Å²) in [4.78, 5) is 28.3. The van der Waals surface area contributed by atoms with Gasteiger partial charge in [-0.2, -0.15) is 0 Å². The molecule has 0 aliphatic rings. The van der Waals surface area contributed by atoms with Crippen LogP contribution in [0.2, 0.25) is 0 Å². The summed E-state index contributed by atoms with van der Waals surface area (Å²) < 4.78 is 34.1. The molecule has 0 unspecified atom stereocenters. The van der Waals surface area contributed by atoms with Crippen molar-refractivity contribution in [3.05, 3.63) is 89.5 Å². The maximum Gasteiger partial charge on any atom is 0.264 e. The molecule has 0 aliphatic heterocycles. The Labute approximate surface area is 231 Å². The molecule has 0 saturated heterocycles. The Kier molecular flexibility index (Phi) is 10.1. The summed E-state index contributed by atoms with van der Waals surface area (Å²) in [6.07, 6.45) is 0.753. The van der Waals surface area contributed by atoms with E-state index < -0.39 is 28.5 Å². The van der Waals surface area contributed by atoms with Crippen LogP contribution in [-0.4, -0.2) is 51.4 Å². The van der Waals surface area contributed by atoms with E-state index >= 15 is 0 Å². The van der Waals surface area contributed by atoms with Gasteiger partial charge in [0.2, 0.25) is 11.8 Å². The van der Waals surface area contributed by atoms with Crippen LogP contribution in [-0.2, 0) is 26.2 Å². The van der Waals surface area contributed by atoms with E-state index in [-0.39, 0.29) is 23.0 Å². The van der Waals surface area contributed by atoms with Gasteiger partial charge < -0.3 is 15.0 Å². The first-order valence-electron chi connectivity index (χ1n) is 12.9. The second-order valence-corrected chi connectivity index (χ2v) is 11.4. The molecule has 3 aromatic carbocycles. The van der Waals surface area contributed by atoms with Crippen molar-refractivity contribution in [2.24, 2.45) is 0 Å². The van der Waals surface area contributed by atoms with Gasteiger partial charge in [0.25, 0.3) is 10.0 Å². The van der Waals surface area contributed by atoms with Gasteiger partial charge >= 0.3 is 0 Å². The molecular weight excluding hydrogens is 514 g/mol. The number of carbonyl (C=O) groups is 2. The first-order chi connectivity index (χ1) is 18.6. The van der Waals surface area contributed by atoms with Crippen LogP contribution in [0, 0.1) is 13.8 Å². The Bertz CT molecular complexity index is 1370. The van der Waals surface area contributed by atoms with Gasteiger partial charge in [0.1, 0.15) is 18.3 Å². The highest BCUT2D eigenvalue weighted by molar-refractivity contribution is 7.92. The van der Waals surface area contributed by atoms with E-state index in [9.17, 15) is 18.0 Å². The van der Waals surface area contributed by atoms with Crippen molar-refractivity contribution >= 4 is 27.5 Å². The van der Waals surface area contributed by atoms with Crippen LogP contribution in [0.4, 0.5) is 5.69 Å². The molecule has 0 saturated carbocycles. The van der Waals surface area contributed by atoms with Crippen molar-refractivity contribution in [1.29, 1.82) is 0 Å². The van der Waals surface area contributed by atoms with Crippen LogP contribution in [0.25, 0.3) is 0 Å². The summed E-state index contributed by atoms with van der Waals surface area (Å²) in [6.45, 7) is 7.57. The van der Waals surface area contributed by atoms with Gasteiger partial charge in [-0.25, -0.2) is 8.42 Å². The van der Waals surface area contributed by atoms with Gasteiger partial charge in [-0.15, -0.1) is 0 Å². The molecule has 208 valence electrons. The molecule has 3 rings (SSSR count). The summed E-state index contributed by atoms with van der Waals surface area (Å²) >= 11 is 0. The maximum atomic E-state index is 13.9. The van der Waals surface area contributed by atoms with Crippen molar-refractivity contribution in [3.8, 4) is 5.75 Å². The first kappa shape index (κ1) is 29.7. The van der Waals surface area contributed by atoms with Crippen molar-refractivity contribution < 1.29 is 22.7 Å². The fourth-order valence-electron chi connectivity index (χ4n) is 4.00. The largest absolute Gasteiger partial charge is 0.497 e. The summed E-state index contributed by atoms with van der Waals surface area (Å²) in [5.41, 5.74) is 3.09. The number of nitrogens with zero attached hydrogens (tertiary/aromatic N) is 2. The molecule has 0 aromatic heterocycles. The highest BCUT2D eigenvalue weighted by atomic mass is 32.2. The number of amides is 2. The minimum Gasteiger partial charge on any atom is -0.497 e. The van der Waals surface area contributed by atoms with Crippen LogP contribution < -0.4 is 14.4 Å². The zero-order chi connectivity index (χ0) is 28.6. The van der Waals surface area contributed by atoms with Gasteiger partial charge in [0.05, 0.1) is 17.7 Å². The molecule has 2 amide bonds.